The standard InChI is InChI=1S/C22H31N7O2S/c1-4-7-17-12-15(11-16(5-2)29(17)32(30)31)24-22-18-8-6-9-23-19(18)13-20(26-22)25-21-10-14(3)27-28-21/h6,8-10,13,15-17H,4-5,7,11-12H2,1-3H3,(H,30,31)(H3,24,25,26,27,28)/p-1/t15-,16-,17+/m1/s1. The largest absolute Gasteiger partial charge is 0.760 e. The third-order valence-electron chi connectivity index (χ3n) is 6.00. The first kappa shape index (κ1) is 22.6. The van der Waals surface area contributed by atoms with E-state index in [0.717, 1.165) is 54.5 Å². The Morgan fingerprint density at radius 2 is 2.06 bits per heavy atom. The molecule has 0 radical (unpaired) electrons. The number of aromatic amines is 1. The molecule has 3 aromatic heterocycles. The van der Waals surface area contributed by atoms with Gasteiger partial charge in [-0.25, -0.2) is 9.29 Å². The van der Waals surface area contributed by atoms with E-state index in [4.69, 9.17) is 4.98 Å². The van der Waals surface area contributed by atoms with Crippen molar-refractivity contribution in [2.45, 2.75) is 71.0 Å². The Hall–Kier alpha value is -2.56. The molecule has 10 heteroatoms. The van der Waals surface area contributed by atoms with Gasteiger partial charge >= 0.3 is 0 Å². The highest BCUT2D eigenvalue weighted by Crippen LogP contribution is 2.32. The first-order chi connectivity index (χ1) is 15.5. The van der Waals surface area contributed by atoms with Crippen molar-refractivity contribution in [3.8, 4) is 0 Å². The monoisotopic (exact) mass is 456 g/mol. The lowest BCUT2D eigenvalue weighted by Gasteiger charge is -2.46. The number of nitrogens with one attached hydrogen (secondary N) is 3. The number of pyridine rings is 2. The third kappa shape index (κ3) is 4.92. The van der Waals surface area contributed by atoms with E-state index in [1.807, 2.05) is 38.1 Å². The molecule has 9 nitrogen and oxygen atoms in total. The lowest BCUT2D eigenvalue weighted by molar-refractivity contribution is 0.153. The van der Waals surface area contributed by atoms with Gasteiger partial charge in [-0.1, -0.05) is 20.3 Å². The topological polar surface area (TPSA) is 122 Å². The molecule has 172 valence electrons. The van der Waals surface area contributed by atoms with Gasteiger partial charge in [0, 0.05) is 58.8 Å². The van der Waals surface area contributed by atoms with Crippen LogP contribution >= 0.6 is 0 Å². The summed E-state index contributed by atoms with van der Waals surface area (Å²) in [5.74, 6) is 2.09. The molecule has 4 atom stereocenters. The minimum absolute atomic E-state index is 0.00717. The SMILES string of the molecule is CCC[C@H]1C[C@H](Nc2nc(Nc3cc(C)[nH]n3)cc3ncccc23)C[C@@H](CC)N1S(=O)[O-]. The Morgan fingerprint density at radius 3 is 2.75 bits per heavy atom. The summed E-state index contributed by atoms with van der Waals surface area (Å²) in [5, 5.41) is 15.0. The summed E-state index contributed by atoms with van der Waals surface area (Å²) in [5.41, 5.74) is 1.79. The van der Waals surface area contributed by atoms with Crippen molar-refractivity contribution in [1.29, 1.82) is 0 Å². The summed E-state index contributed by atoms with van der Waals surface area (Å²) in [6.07, 6.45) is 5.82. The molecule has 1 saturated heterocycles. The quantitative estimate of drug-likeness (QED) is 0.438. The van der Waals surface area contributed by atoms with Crippen LogP contribution in [0.4, 0.5) is 17.5 Å². The van der Waals surface area contributed by atoms with Gasteiger partial charge < -0.3 is 15.2 Å². The number of nitrogens with zero attached hydrogens (tertiary/aromatic N) is 4. The number of piperidine rings is 1. The van der Waals surface area contributed by atoms with E-state index in [2.05, 4.69) is 32.7 Å². The average Bonchev–Trinajstić information content (AvgIpc) is 3.17. The summed E-state index contributed by atoms with van der Waals surface area (Å²) in [6, 6.07) is 7.82. The fraction of sp³-hybridized carbons (Fsp3) is 0.500. The Balaban J connectivity index is 1.63. The maximum atomic E-state index is 11.9. The van der Waals surface area contributed by atoms with Crippen LogP contribution in [0, 0.1) is 6.92 Å². The molecule has 0 spiro atoms. The average molecular weight is 457 g/mol. The molecule has 0 aliphatic carbocycles. The number of hydrogen-bond donors (Lipinski definition) is 3. The van der Waals surface area contributed by atoms with Gasteiger partial charge in [-0.05, 0) is 44.7 Å². The lowest BCUT2D eigenvalue weighted by Crippen LogP contribution is -2.52. The van der Waals surface area contributed by atoms with Crippen molar-refractivity contribution in [3.63, 3.8) is 0 Å². The predicted octanol–water partition coefficient (Wildman–Crippen LogP) is 4.02. The number of aryl methyl sites for hydroxylation is 1. The molecule has 32 heavy (non-hydrogen) atoms. The van der Waals surface area contributed by atoms with Crippen molar-refractivity contribution < 1.29 is 8.76 Å². The first-order valence-electron chi connectivity index (χ1n) is 11.2. The Bertz CT molecular complexity index is 1090. The van der Waals surface area contributed by atoms with Crippen LogP contribution in [0.25, 0.3) is 10.9 Å². The second-order valence-corrected chi connectivity index (χ2v) is 9.24. The van der Waals surface area contributed by atoms with E-state index in [9.17, 15) is 8.76 Å². The van der Waals surface area contributed by atoms with Crippen molar-refractivity contribution in [3.05, 3.63) is 36.2 Å². The normalized spacial score (nSPS) is 22.7. The molecule has 3 N–H and O–H groups in total. The zero-order valence-corrected chi connectivity index (χ0v) is 19.5. The Labute approximate surface area is 190 Å². The number of hydrogen-bond acceptors (Lipinski definition) is 7. The van der Waals surface area contributed by atoms with Gasteiger partial charge in [0.05, 0.1) is 5.52 Å². The van der Waals surface area contributed by atoms with Gasteiger partial charge in [-0.3, -0.25) is 14.3 Å². The molecule has 3 aromatic rings. The number of H-pyrrole nitrogens is 1. The van der Waals surface area contributed by atoms with Crippen LogP contribution in [-0.2, 0) is 11.3 Å². The van der Waals surface area contributed by atoms with Gasteiger partial charge in [0.2, 0.25) is 0 Å². The Kier molecular flexibility index (Phi) is 7.02. The van der Waals surface area contributed by atoms with E-state index in [1.165, 1.54) is 0 Å². The van der Waals surface area contributed by atoms with Crippen LogP contribution in [0.3, 0.4) is 0 Å². The molecule has 0 amide bonds. The number of aromatic nitrogens is 4. The molecule has 0 saturated carbocycles. The van der Waals surface area contributed by atoms with Crippen molar-refractivity contribution in [2.24, 2.45) is 0 Å². The highest BCUT2D eigenvalue weighted by molar-refractivity contribution is 7.76. The van der Waals surface area contributed by atoms with Gasteiger partial charge in [0.25, 0.3) is 0 Å². The number of fused-ring (bicyclic) bond motifs is 1. The van der Waals surface area contributed by atoms with Gasteiger partial charge in [-0.2, -0.15) is 5.10 Å². The third-order valence-corrected chi connectivity index (χ3v) is 6.94. The smallest absolute Gasteiger partial charge is 0.153 e. The van der Waals surface area contributed by atoms with E-state index in [1.54, 1.807) is 10.5 Å². The molecule has 0 aromatic carbocycles. The van der Waals surface area contributed by atoms with E-state index in [0.29, 0.717) is 11.6 Å². The van der Waals surface area contributed by atoms with E-state index in [-0.39, 0.29) is 18.1 Å². The first-order valence-corrected chi connectivity index (χ1v) is 12.2. The van der Waals surface area contributed by atoms with E-state index < -0.39 is 11.3 Å². The van der Waals surface area contributed by atoms with Crippen LogP contribution in [-0.4, -0.2) is 51.4 Å². The summed E-state index contributed by atoms with van der Waals surface area (Å²) in [4.78, 5) is 9.34. The maximum absolute atomic E-state index is 11.9. The fourth-order valence-corrected chi connectivity index (χ4v) is 5.51. The number of rotatable bonds is 8. The maximum Gasteiger partial charge on any atom is 0.153 e. The molecular formula is C22H30N7O2S-. The summed E-state index contributed by atoms with van der Waals surface area (Å²) in [6.45, 7) is 6.08. The summed E-state index contributed by atoms with van der Waals surface area (Å²) in [7, 11) is 0. The van der Waals surface area contributed by atoms with Crippen molar-refractivity contribution in [1.82, 2.24) is 24.5 Å². The van der Waals surface area contributed by atoms with Crippen molar-refractivity contribution in [2.75, 3.05) is 10.6 Å². The van der Waals surface area contributed by atoms with Crippen LogP contribution in [0.15, 0.2) is 30.5 Å². The minimum Gasteiger partial charge on any atom is -0.760 e. The molecule has 1 aliphatic rings. The molecule has 0 bridgehead atoms. The van der Waals surface area contributed by atoms with Crippen LogP contribution in [0.5, 0.6) is 0 Å². The molecule has 1 aliphatic heterocycles. The zero-order chi connectivity index (χ0) is 22.7. The minimum atomic E-state index is -2.21. The molecule has 1 fully saturated rings. The van der Waals surface area contributed by atoms with Gasteiger partial charge in [-0.15, -0.1) is 0 Å². The predicted molar refractivity (Wildman–Crippen MR) is 126 cm³/mol. The second kappa shape index (κ2) is 9.93. The number of anilines is 3. The Morgan fingerprint density at radius 1 is 1.25 bits per heavy atom. The zero-order valence-electron chi connectivity index (χ0n) is 18.7. The summed E-state index contributed by atoms with van der Waals surface area (Å²) >= 11 is -2.21. The van der Waals surface area contributed by atoms with Gasteiger partial charge in [0.1, 0.15) is 11.6 Å². The lowest BCUT2D eigenvalue weighted by atomic mass is 9.90. The molecule has 1 unspecified atom stereocenters. The molecule has 4 rings (SSSR count). The van der Waals surface area contributed by atoms with E-state index >= 15 is 0 Å². The highest BCUT2D eigenvalue weighted by atomic mass is 32.2. The van der Waals surface area contributed by atoms with Gasteiger partial charge in [0.15, 0.2) is 5.82 Å². The summed E-state index contributed by atoms with van der Waals surface area (Å²) < 4.78 is 25.5. The van der Waals surface area contributed by atoms with Crippen LogP contribution in [0.2, 0.25) is 0 Å². The molecule has 4 heterocycles. The highest BCUT2D eigenvalue weighted by Gasteiger charge is 2.35. The van der Waals surface area contributed by atoms with Crippen LogP contribution in [0.1, 0.15) is 51.6 Å². The second-order valence-electron chi connectivity index (χ2n) is 8.38. The van der Waals surface area contributed by atoms with Crippen molar-refractivity contribution >= 4 is 39.6 Å². The molecular weight excluding hydrogens is 426 g/mol. The van der Waals surface area contributed by atoms with Crippen LogP contribution < -0.4 is 10.6 Å². The fourth-order valence-electron chi connectivity index (χ4n) is 4.60.